The molecule has 14 heteroatoms. The fraction of sp³-hybridized carbons (Fsp3) is 0.500. The van der Waals surface area contributed by atoms with Crippen LogP contribution in [-0.4, -0.2) is 101 Å². The topological polar surface area (TPSA) is 153 Å². The Balaban J connectivity index is 1.39. The number of carbonyl (C=O) groups excluding carboxylic acids is 5. The van der Waals surface area contributed by atoms with Crippen LogP contribution in [-0.2, 0) is 52.8 Å². The van der Waals surface area contributed by atoms with Crippen molar-refractivity contribution in [1.29, 1.82) is 0 Å². The highest BCUT2D eigenvalue weighted by atomic mass is 32.1. The van der Waals surface area contributed by atoms with Gasteiger partial charge >= 0.3 is 0 Å². The number of likely N-dealkylation sites (tertiary alicyclic amines) is 1. The first-order chi connectivity index (χ1) is 28.7. The summed E-state index contributed by atoms with van der Waals surface area (Å²) in [5, 5.41) is 6.58. The third-order valence-corrected chi connectivity index (χ3v) is 12.1. The van der Waals surface area contributed by atoms with Crippen molar-refractivity contribution in [3.05, 3.63) is 58.2 Å². The molecular weight excluding hydrogens is 781 g/mol. The van der Waals surface area contributed by atoms with Crippen LogP contribution in [0.4, 0.5) is 0 Å². The normalized spacial score (nSPS) is 15.7. The lowest BCUT2D eigenvalue weighted by Gasteiger charge is -2.31. The lowest BCUT2D eigenvalue weighted by Crippen LogP contribution is -2.53. The van der Waals surface area contributed by atoms with Crippen LogP contribution in [0.5, 0.6) is 0 Å². The molecule has 1 saturated heterocycles. The van der Waals surface area contributed by atoms with E-state index >= 15 is 0 Å². The van der Waals surface area contributed by atoms with Crippen molar-refractivity contribution in [1.82, 2.24) is 29.7 Å². The lowest BCUT2D eigenvalue weighted by atomic mass is 9.84. The Morgan fingerprint density at radius 2 is 1.95 bits per heavy atom. The minimum atomic E-state index is -0.847. The van der Waals surface area contributed by atoms with Crippen molar-refractivity contribution in [2.24, 2.45) is 17.3 Å². The maximum absolute atomic E-state index is 13.8. The van der Waals surface area contributed by atoms with Crippen molar-refractivity contribution in [3.8, 4) is 34.4 Å². The average Bonchev–Trinajstić information content (AvgIpc) is 3.93. The van der Waals surface area contributed by atoms with E-state index in [0.29, 0.717) is 50.4 Å². The number of hydrogen-bond acceptors (Lipinski definition) is 10. The molecule has 1 aliphatic heterocycles. The summed E-state index contributed by atoms with van der Waals surface area (Å²) in [4.78, 5) is 75.9. The van der Waals surface area contributed by atoms with Crippen molar-refractivity contribution >= 4 is 52.7 Å². The van der Waals surface area contributed by atoms with Crippen LogP contribution in [0, 0.1) is 29.1 Å². The molecule has 4 aromatic rings. The van der Waals surface area contributed by atoms with E-state index in [1.165, 1.54) is 16.2 Å². The molecule has 1 N–H and O–H groups in total. The summed E-state index contributed by atoms with van der Waals surface area (Å²) >= 11 is 1.42. The molecule has 320 valence electrons. The van der Waals surface area contributed by atoms with Crippen LogP contribution >= 0.6 is 11.3 Å². The molecular formula is C46H58N6O7S. The molecule has 3 aromatic heterocycles. The minimum absolute atomic E-state index is 0.122. The summed E-state index contributed by atoms with van der Waals surface area (Å²) in [5.41, 5.74) is 6.22. The second-order valence-electron chi connectivity index (χ2n) is 16.5. The molecule has 5 rings (SSSR count). The molecule has 4 atom stereocenters. The fourth-order valence-corrected chi connectivity index (χ4v) is 9.00. The van der Waals surface area contributed by atoms with E-state index in [9.17, 15) is 24.0 Å². The summed E-state index contributed by atoms with van der Waals surface area (Å²) < 4.78 is 13.3. The Hall–Kier alpha value is -5.39. The van der Waals surface area contributed by atoms with E-state index in [1.807, 2.05) is 38.3 Å². The van der Waals surface area contributed by atoms with Crippen LogP contribution in [0.15, 0.2) is 41.9 Å². The quantitative estimate of drug-likeness (QED) is 0.0803. The van der Waals surface area contributed by atoms with E-state index < -0.39 is 17.5 Å². The molecule has 13 nitrogen and oxygen atoms in total. The number of fused-ring (bicyclic) bond motifs is 1. The first kappa shape index (κ1) is 45.7. The molecule has 1 aliphatic rings. The number of nitrogens with zero attached hydrogens (tertiary/aromatic N) is 5. The number of benzene rings is 1. The van der Waals surface area contributed by atoms with Gasteiger partial charge in [-0.15, -0.1) is 11.3 Å². The van der Waals surface area contributed by atoms with E-state index in [4.69, 9.17) is 19.4 Å². The van der Waals surface area contributed by atoms with Gasteiger partial charge in [-0.2, -0.15) is 0 Å². The fourth-order valence-electron chi connectivity index (χ4n) is 8.13. The molecule has 1 fully saturated rings. The van der Waals surface area contributed by atoms with Gasteiger partial charge < -0.3 is 34.0 Å². The van der Waals surface area contributed by atoms with Gasteiger partial charge in [-0.1, -0.05) is 39.7 Å². The number of aromatic nitrogens is 3. The zero-order valence-corrected chi connectivity index (χ0v) is 37.1. The first-order valence-corrected chi connectivity index (χ1v) is 21.4. The molecule has 4 heterocycles. The zero-order valence-electron chi connectivity index (χ0n) is 36.2. The Kier molecular flexibility index (Phi) is 15.4. The van der Waals surface area contributed by atoms with Crippen molar-refractivity contribution in [2.45, 2.75) is 98.9 Å². The first-order valence-electron chi connectivity index (χ1n) is 20.6. The van der Waals surface area contributed by atoms with Gasteiger partial charge in [0.05, 0.1) is 40.8 Å². The van der Waals surface area contributed by atoms with Gasteiger partial charge in [-0.3, -0.25) is 24.2 Å². The average molecular weight is 839 g/mol. The van der Waals surface area contributed by atoms with Crippen LogP contribution in [0.25, 0.3) is 33.4 Å². The third kappa shape index (κ3) is 10.3. The summed E-state index contributed by atoms with van der Waals surface area (Å²) in [6, 6.07) is 8.71. The van der Waals surface area contributed by atoms with Crippen LogP contribution in [0.1, 0.15) is 83.7 Å². The summed E-state index contributed by atoms with van der Waals surface area (Å²) in [7, 11) is 3.33. The molecule has 0 aliphatic carbocycles. The van der Waals surface area contributed by atoms with Crippen molar-refractivity contribution in [2.75, 3.05) is 33.9 Å². The van der Waals surface area contributed by atoms with Gasteiger partial charge in [-0.05, 0) is 81.7 Å². The number of methoxy groups -OCH3 is 1. The Morgan fingerprint density at radius 1 is 1.18 bits per heavy atom. The largest absolute Gasteiger partial charge is 0.467 e. The number of aryl methyl sites for hydroxylation is 1. The molecule has 1 aromatic carbocycles. The molecule has 60 heavy (non-hydrogen) atoms. The molecule has 0 bridgehead atoms. The molecule has 4 unspecified atom stereocenters. The number of thiazole rings is 1. The second-order valence-corrected chi connectivity index (χ2v) is 17.5. The number of ether oxygens (including phenoxy) is 2. The monoisotopic (exact) mass is 838 g/mol. The maximum atomic E-state index is 13.8. The predicted octanol–water partition coefficient (Wildman–Crippen LogP) is 6.27. The number of carbonyl (C=O) groups is 5. The minimum Gasteiger partial charge on any atom is -0.467 e. The number of amides is 3. The van der Waals surface area contributed by atoms with E-state index in [2.05, 4.69) is 60.7 Å². The highest BCUT2D eigenvalue weighted by molar-refractivity contribution is 7.10. The van der Waals surface area contributed by atoms with Crippen molar-refractivity contribution in [3.63, 3.8) is 0 Å². The SMILES string of the molecule is CC#CC(=O)N(C)CCC1CCN(C(C(=O)NC(C=O)Cc2nc(-c3ccc4c(c3)c(CC(C)(C)COC=O)c(-c3cccnc3C(C)OC)n4CC)cs2)C(C)C)C1=O. The van der Waals surface area contributed by atoms with Gasteiger partial charge in [0, 0.05) is 85.2 Å². The summed E-state index contributed by atoms with van der Waals surface area (Å²) in [5.74, 6) is 3.81. The van der Waals surface area contributed by atoms with E-state index in [0.717, 1.165) is 51.0 Å². The van der Waals surface area contributed by atoms with Gasteiger partial charge in [-0.25, -0.2) is 4.98 Å². The van der Waals surface area contributed by atoms with E-state index in [1.54, 1.807) is 32.2 Å². The summed E-state index contributed by atoms with van der Waals surface area (Å²) in [6.45, 7) is 15.9. The smallest absolute Gasteiger partial charge is 0.298 e. The van der Waals surface area contributed by atoms with Crippen molar-refractivity contribution < 1.29 is 33.4 Å². The molecule has 0 saturated carbocycles. The van der Waals surface area contributed by atoms with Crippen LogP contribution < -0.4 is 5.32 Å². The van der Waals surface area contributed by atoms with Crippen LogP contribution in [0.2, 0.25) is 0 Å². The van der Waals surface area contributed by atoms with Gasteiger partial charge in [0.25, 0.3) is 12.4 Å². The molecule has 0 radical (unpaired) electrons. The van der Waals surface area contributed by atoms with Gasteiger partial charge in [0.1, 0.15) is 12.3 Å². The zero-order chi connectivity index (χ0) is 43.7. The Bertz CT molecular complexity index is 2250. The van der Waals surface area contributed by atoms with Gasteiger partial charge in [0.15, 0.2) is 0 Å². The predicted molar refractivity (Wildman–Crippen MR) is 233 cm³/mol. The molecule has 0 spiro atoms. The number of rotatable bonds is 20. The standard InChI is InChI=1S/C46H58N6O7S/c1-10-13-40(55)50(8)20-17-31-18-21-52(45(31)57)42(29(3)4)44(56)48-33(25-53)23-39-49-37(26-60-39)32-15-16-38-35(22-32)36(24-46(6,7)27-59-28-54)43(51(38)11-2)34-14-12-19-47-41(34)30(5)58-9/h12,14-16,19,22,25-26,28-31,33,42H,11,17-18,20-21,23-24,27H2,1-9H3,(H,48,56). The molecule has 3 amide bonds. The third-order valence-electron chi connectivity index (χ3n) is 11.2. The Labute approximate surface area is 357 Å². The second kappa shape index (κ2) is 20.2. The Morgan fingerprint density at radius 3 is 2.62 bits per heavy atom. The maximum Gasteiger partial charge on any atom is 0.298 e. The van der Waals surface area contributed by atoms with Gasteiger partial charge in [0.2, 0.25) is 11.8 Å². The highest BCUT2D eigenvalue weighted by Gasteiger charge is 2.40. The number of hydrogen-bond donors (Lipinski definition) is 1. The lowest BCUT2D eigenvalue weighted by molar-refractivity contribution is -0.141. The number of pyridine rings is 1. The van der Waals surface area contributed by atoms with Crippen LogP contribution in [0.3, 0.4) is 0 Å². The number of nitrogens with one attached hydrogen (secondary N) is 1. The summed E-state index contributed by atoms with van der Waals surface area (Å²) in [6.07, 6.45) is 4.11. The van der Waals surface area contributed by atoms with E-state index in [-0.39, 0.29) is 48.7 Å². The highest BCUT2D eigenvalue weighted by Crippen LogP contribution is 2.42. The number of aldehydes is 1.